The second kappa shape index (κ2) is 10.3. The number of ether oxygens (including phenoxy) is 2. The molecule has 0 heterocycles. The van der Waals surface area contributed by atoms with Crippen molar-refractivity contribution < 1.29 is 31.8 Å². The molecule has 1 aliphatic rings. The van der Waals surface area contributed by atoms with Crippen molar-refractivity contribution in [2.75, 3.05) is 7.11 Å². The van der Waals surface area contributed by atoms with Gasteiger partial charge in [-0.3, -0.25) is 0 Å². The molecule has 1 aliphatic carbocycles. The molecule has 1 fully saturated rings. The molecule has 3 aromatic rings. The van der Waals surface area contributed by atoms with Gasteiger partial charge in [0.05, 0.1) is 12.7 Å². The minimum absolute atomic E-state index is 0.179. The van der Waals surface area contributed by atoms with Gasteiger partial charge in [0.2, 0.25) is 5.82 Å². The van der Waals surface area contributed by atoms with E-state index >= 15 is 0 Å². The molecule has 3 aromatic carbocycles. The summed E-state index contributed by atoms with van der Waals surface area (Å²) in [6, 6.07) is 12.4. The summed E-state index contributed by atoms with van der Waals surface area (Å²) in [7, 11) is 1.19. The van der Waals surface area contributed by atoms with Crippen molar-refractivity contribution >= 4 is 12.0 Å². The van der Waals surface area contributed by atoms with Gasteiger partial charge in [-0.15, -0.1) is 0 Å². The highest BCUT2D eigenvalue weighted by atomic mass is 19.2. The Morgan fingerprint density at radius 2 is 1.54 bits per heavy atom. The lowest BCUT2D eigenvalue weighted by Gasteiger charge is -2.29. The lowest BCUT2D eigenvalue weighted by molar-refractivity contribution is 0.0188. The summed E-state index contributed by atoms with van der Waals surface area (Å²) in [5, 5.41) is 0. The predicted octanol–water partition coefficient (Wildman–Crippen LogP) is 7.44. The van der Waals surface area contributed by atoms with Gasteiger partial charge in [0, 0.05) is 5.56 Å². The second-order valence-electron chi connectivity index (χ2n) is 8.48. The molecule has 3 nitrogen and oxygen atoms in total. The second-order valence-corrected chi connectivity index (χ2v) is 8.48. The lowest BCUT2D eigenvalue weighted by atomic mass is 9.82. The molecule has 7 heteroatoms. The van der Waals surface area contributed by atoms with Crippen LogP contribution < -0.4 is 4.74 Å². The first-order valence-electron chi connectivity index (χ1n) is 11.3. The number of carbonyl (C=O) groups is 1. The zero-order valence-electron chi connectivity index (χ0n) is 19.1. The minimum Gasteiger partial charge on any atom is -0.494 e. The monoisotopic (exact) mass is 484 g/mol. The molecule has 0 radical (unpaired) electrons. The summed E-state index contributed by atoms with van der Waals surface area (Å²) in [5.74, 6) is -5.91. The van der Waals surface area contributed by atoms with Crippen LogP contribution in [0, 0.1) is 23.3 Å². The van der Waals surface area contributed by atoms with Gasteiger partial charge in [-0.25, -0.2) is 18.0 Å². The van der Waals surface area contributed by atoms with E-state index in [2.05, 4.69) is 6.58 Å². The molecule has 0 amide bonds. The van der Waals surface area contributed by atoms with Crippen molar-refractivity contribution in [2.45, 2.75) is 37.7 Å². The summed E-state index contributed by atoms with van der Waals surface area (Å²) in [6.07, 6.45) is 2.84. The topological polar surface area (TPSA) is 35.5 Å². The highest BCUT2D eigenvalue weighted by Gasteiger charge is 2.30. The van der Waals surface area contributed by atoms with Gasteiger partial charge in [0.25, 0.3) is 0 Å². The van der Waals surface area contributed by atoms with Crippen LogP contribution in [0.1, 0.15) is 53.1 Å². The molecule has 0 N–H and O–H groups in total. The van der Waals surface area contributed by atoms with Crippen molar-refractivity contribution in [3.8, 4) is 16.9 Å². The van der Waals surface area contributed by atoms with Crippen LogP contribution in [0.3, 0.4) is 0 Å². The van der Waals surface area contributed by atoms with Crippen molar-refractivity contribution in [1.29, 1.82) is 0 Å². The largest absolute Gasteiger partial charge is 0.494 e. The van der Waals surface area contributed by atoms with Gasteiger partial charge < -0.3 is 9.47 Å². The highest BCUT2D eigenvalue weighted by molar-refractivity contribution is 5.90. The maximum Gasteiger partial charge on any atom is 0.341 e. The van der Waals surface area contributed by atoms with E-state index in [-0.39, 0.29) is 22.8 Å². The number of rotatable bonds is 6. The molecule has 0 unspecified atom stereocenters. The first kappa shape index (κ1) is 24.5. The van der Waals surface area contributed by atoms with E-state index in [1.54, 1.807) is 42.5 Å². The number of methoxy groups -OCH3 is 1. The van der Waals surface area contributed by atoms with Gasteiger partial charge in [0.1, 0.15) is 6.10 Å². The normalized spacial score (nSPS) is 17.6. The molecule has 0 aromatic heterocycles. The predicted molar refractivity (Wildman–Crippen MR) is 125 cm³/mol. The minimum atomic E-state index is -1.33. The maximum absolute atomic E-state index is 15.0. The van der Waals surface area contributed by atoms with Gasteiger partial charge in [-0.1, -0.05) is 49.1 Å². The standard InChI is InChI=1S/C28H24F4O3/c1-3-16-4-6-17(7-5-16)20-12-13-21(25(30)24(20)29)18-8-10-19(11-9-18)35-28(33)22-14-15-23(34-2)27(32)26(22)31/h3-7,12-15,18-19H,1,8-11H2,2H3. The number of halogens is 4. The third kappa shape index (κ3) is 4.94. The van der Waals surface area contributed by atoms with Crippen LogP contribution in [0.2, 0.25) is 0 Å². The van der Waals surface area contributed by atoms with E-state index < -0.39 is 40.9 Å². The van der Waals surface area contributed by atoms with Crippen LogP contribution in [-0.2, 0) is 4.74 Å². The Hall–Kier alpha value is -3.61. The molecule has 0 atom stereocenters. The molecule has 0 saturated heterocycles. The summed E-state index contributed by atoms with van der Waals surface area (Å²) < 4.78 is 68.0. The molecule has 0 spiro atoms. The molecular weight excluding hydrogens is 460 g/mol. The quantitative estimate of drug-likeness (QED) is 0.269. The third-order valence-electron chi connectivity index (χ3n) is 6.44. The Kier molecular flexibility index (Phi) is 7.24. The van der Waals surface area contributed by atoms with Gasteiger partial charge in [0.15, 0.2) is 23.2 Å². The van der Waals surface area contributed by atoms with Crippen molar-refractivity contribution in [2.24, 2.45) is 0 Å². The van der Waals surface area contributed by atoms with Crippen LogP contribution in [0.15, 0.2) is 55.1 Å². The Morgan fingerprint density at radius 1 is 0.857 bits per heavy atom. The molecule has 0 aliphatic heterocycles. The number of hydrogen-bond acceptors (Lipinski definition) is 3. The number of esters is 1. The number of carbonyl (C=O) groups excluding carboxylic acids is 1. The maximum atomic E-state index is 15.0. The van der Waals surface area contributed by atoms with E-state index in [0.29, 0.717) is 31.2 Å². The van der Waals surface area contributed by atoms with Crippen LogP contribution in [0.4, 0.5) is 17.6 Å². The van der Waals surface area contributed by atoms with Crippen LogP contribution in [0.25, 0.3) is 17.2 Å². The Balaban J connectivity index is 1.42. The van der Waals surface area contributed by atoms with E-state index in [1.807, 2.05) is 0 Å². The summed E-state index contributed by atoms with van der Waals surface area (Å²) in [6.45, 7) is 3.68. The lowest BCUT2D eigenvalue weighted by Crippen LogP contribution is -2.25. The third-order valence-corrected chi connectivity index (χ3v) is 6.44. The fourth-order valence-corrected chi connectivity index (χ4v) is 4.45. The summed E-state index contributed by atoms with van der Waals surface area (Å²) in [4.78, 5) is 12.4. The van der Waals surface area contributed by atoms with Crippen LogP contribution in [0.5, 0.6) is 5.75 Å². The van der Waals surface area contributed by atoms with Crippen molar-refractivity contribution in [3.63, 3.8) is 0 Å². The molecule has 182 valence electrons. The molecule has 1 saturated carbocycles. The Labute approximate surface area is 201 Å². The van der Waals surface area contributed by atoms with E-state index in [9.17, 15) is 22.4 Å². The molecule has 35 heavy (non-hydrogen) atoms. The SMILES string of the molecule is C=Cc1ccc(-c2ccc(C3CCC(OC(=O)c4ccc(OC)c(F)c4F)CC3)c(F)c2F)cc1. The smallest absolute Gasteiger partial charge is 0.341 e. The fraction of sp³-hybridized carbons (Fsp3) is 0.250. The van der Waals surface area contributed by atoms with Crippen molar-refractivity contribution in [1.82, 2.24) is 0 Å². The summed E-state index contributed by atoms with van der Waals surface area (Å²) >= 11 is 0. The van der Waals surface area contributed by atoms with E-state index in [4.69, 9.17) is 9.47 Å². The highest BCUT2D eigenvalue weighted by Crippen LogP contribution is 2.38. The Bertz CT molecular complexity index is 1250. The molecular formula is C28H24F4O3. The van der Waals surface area contributed by atoms with E-state index in [1.165, 1.54) is 7.11 Å². The van der Waals surface area contributed by atoms with Gasteiger partial charge >= 0.3 is 5.97 Å². The zero-order chi connectivity index (χ0) is 25.1. The van der Waals surface area contributed by atoms with Gasteiger partial charge in [-0.2, -0.15) is 4.39 Å². The fourth-order valence-electron chi connectivity index (χ4n) is 4.45. The van der Waals surface area contributed by atoms with Crippen LogP contribution in [-0.4, -0.2) is 19.2 Å². The first-order chi connectivity index (χ1) is 16.8. The average Bonchev–Trinajstić information content (AvgIpc) is 2.88. The Morgan fingerprint density at radius 3 is 2.17 bits per heavy atom. The number of hydrogen-bond donors (Lipinski definition) is 0. The van der Waals surface area contributed by atoms with Crippen LogP contribution >= 0.6 is 0 Å². The molecule has 4 rings (SSSR count). The number of benzene rings is 3. The first-order valence-corrected chi connectivity index (χ1v) is 11.3. The summed E-state index contributed by atoms with van der Waals surface area (Å²) in [5.41, 5.74) is 1.38. The average molecular weight is 484 g/mol. The zero-order valence-corrected chi connectivity index (χ0v) is 19.1. The van der Waals surface area contributed by atoms with Crippen molar-refractivity contribution in [3.05, 3.63) is 95.1 Å². The molecule has 0 bridgehead atoms. The van der Waals surface area contributed by atoms with Gasteiger partial charge in [-0.05, 0) is 60.4 Å². The van der Waals surface area contributed by atoms with E-state index in [0.717, 1.165) is 17.7 Å².